The van der Waals surface area contributed by atoms with Gasteiger partial charge in [0.25, 0.3) is 0 Å². The van der Waals surface area contributed by atoms with Crippen LogP contribution in [0.5, 0.6) is 0 Å². The van der Waals surface area contributed by atoms with Crippen LogP contribution in [-0.4, -0.2) is 9.78 Å². The van der Waals surface area contributed by atoms with Crippen molar-refractivity contribution >= 4 is 0 Å². The van der Waals surface area contributed by atoms with Crippen molar-refractivity contribution in [3.05, 3.63) is 17.5 Å². The van der Waals surface area contributed by atoms with Crippen LogP contribution in [0.3, 0.4) is 0 Å². The zero-order valence-electron chi connectivity index (χ0n) is 9.62. The molecule has 0 bridgehead atoms. The highest BCUT2D eigenvalue weighted by atomic mass is 15.3. The number of aryl methyl sites for hydroxylation is 1. The van der Waals surface area contributed by atoms with Gasteiger partial charge in [0.1, 0.15) is 0 Å². The van der Waals surface area contributed by atoms with E-state index < -0.39 is 0 Å². The molecular weight excluding hydrogens is 172 g/mol. The van der Waals surface area contributed by atoms with Gasteiger partial charge in [0.15, 0.2) is 0 Å². The second-order valence-electron chi connectivity index (χ2n) is 5.01. The van der Waals surface area contributed by atoms with E-state index >= 15 is 0 Å². The van der Waals surface area contributed by atoms with Crippen molar-refractivity contribution < 1.29 is 0 Å². The second-order valence-corrected chi connectivity index (χ2v) is 5.01. The van der Waals surface area contributed by atoms with E-state index in [2.05, 4.69) is 43.5 Å². The minimum Gasteiger partial charge on any atom is -0.269 e. The smallest absolute Gasteiger partial charge is 0.0652 e. The summed E-state index contributed by atoms with van der Waals surface area (Å²) in [6.07, 6.45) is 1.28. The molecule has 0 saturated carbocycles. The van der Waals surface area contributed by atoms with Crippen molar-refractivity contribution in [3.8, 4) is 0 Å². The van der Waals surface area contributed by atoms with Gasteiger partial charge in [0, 0.05) is 18.2 Å². The van der Waals surface area contributed by atoms with Crippen molar-refractivity contribution in [3.63, 3.8) is 0 Å². The summed E-state index contributed by atoms with van der Waals surface area (Å²) in [6.45, 7) is 10.2. The van der Waals surface area contributed by atoms with Crippen molar-refractivity contribution in [2.75, 3.05) is 0 Å². The molecule has 1 unspecified atom stereocenters. The maximum atomic E-state index is 4.64. The first-order chi connectivity index (χ1) is 6.59. The zero-order chi connectivity index (χ0) is 10.3. The van der Waals surface area contributed by atoms with Crippen molar-refractivity contribution in [2.45, 2.75) is 52.5 Å². The van der Waals surface area contributed by atoms with E-state index in [4.69, 9.17) is 0 Å². The van der Waals surface area contributed by atoms with E-state index in [-0.39, 0.29) is 0 Å². The standard InChI is InChI=1S/C12H20N2/c1-8(2)10-5-6-14-12(10)7-11(13-14)9(3)4/h7-10H,5-6H2,1-4H3. The van der Waals surface area contributed by atoms with Crippen LogP contribution in [0.4, 0.5) is 0 Å². The summed E-state index contributed by atoms with van der Waals surface area (Å²) in [5.41, 5.74) is 2.72. The third kappa shape index (κ3) is 1.47. The molecule has 0 spiro atoms. The van der Waals surface area contributed by atoms with Crippen LogP contribution in [0.1, 0.15) is 57.3 Å². The minimum absolute atomic E-state index is 0.556. The van der Waals surface area contributed by atoms with Crippen molar-refractivity contribution in [1.82, 2.24) is 9.78 Å². The first-order valence-corrected chi connectivity index (χ1v) is 5.67. The fourth-order valence-corrected chi connectivity index (χ4v) is 2.30. The van der Waals surface area contributed by atoms with E-state index in [1.165, 1.54) is 17.8 Å². The Morgan fingerprint density at radius 1 is 1.36 bits per heavy atom. The van der Waals surface area contributed by atoms with E-state index in [1.807, 2.05) is 0 Å². The first kappa shape index (κ1) is 9.75. The van der Waals surface area contributed by atoms with Crippen LogP contribution >= 0.6 is 0 Å². The Morgan fingerprint density at radius 2 is 2.07 bits per heavy atom. The Kier molecular flexibility index (Phi) is 2.38. The minimum atomic E-state index is 0.556. The summed E-state index contributed by atoms with van der Waals surface area (Å²) in [4.78, 5) is 0. The predicted octanol–water partition coefficient (Wildman–Crippen LogP) is 3.15. The largest absolute Gasteiger partial charge is 0.269 e. The molecule has 1 aromatic rings. The molecule has 0 radical (unpaired) electrons. The molecule has 0 fully saturated rings. The number of fused-ring (bicyclic) bond motifs is 1. The Labute approximate surface area is 86.3 Å². The molecule has 0 aliphatic carbocycles. The molecule has 2 rings (SSSR count). The van der Waals surface area contributed by atoms with Crippen LogP contribution in [0.2, 0.25) is 0 Å². The molecule has 1 aliphatic rings. The summed E-state index contributed by atoms with van der Waals surface area (Å²) in [5.74, 6) is 2.03. The molecule has 14 heavy (non-hydrogen) atoms. The lowest BCUT2D eigenvalue weighted by Gasteiger charge is -2.12. The molecule has 2 heteroatoms. The first-order valence-electron chi connectivity index (χ1n) is 5.67. The molecule has 0 saturated heterocycles. The van der Waals surface area contributed by atoms with E-state index in [9.17, 15) is 0 Å². The Hall–Kier alpha value is -0.790. The third-order valence-electron chi connectivity index (χ3n) is 3.26. The topological polar surface area (TPSA) is 17.8 Å². The Balaban J connectivity index is 2.30. The molecule has 1 atom stereocenters. The monoisotopic (exact) mass is 192 g/mol. The molecule has 0 N–H and O–H groups in total. The lowest BCUT2D eigenvalue weighted by Crippen LogP contribution is -2.01. The highest BCUT2D eigenvalue weighted by Crippen LogP contribution is 2.35. The second kappa shape index (κ2) is 3.41. The lowest BCUT2D eigenvalue weighted by molar-refractivity contribution is 0.492. The summed E-state index contributed by atoms with van der Waals surface area (Å²) in [7, 11) is 0. The Morgan fingerprint density at radius 3 is 2.64 bits per heavy atom. The maximum Gasteiger partial charge on any atom is 0.0652 e. The van der Waals surface area contributed by atoms with Crippen LogP contribution in [0.15, 0.2) is 6.07 Å². The quantitative estimate of drug-likeness (QED) is 0.704. The van der Waals surface area contributed by atoms with Crippen molar-refractivity contribution in [2.24, 2.45) is 5.92 Å². The molecular formula is C12H20N2. The molecule has 1 aromatic heterocycles. The summed E-state index contributed by atoms with van der Waals surface area (Å²) in [6, 6.07) is 2.31. The Bertz CT molecular complexity index is 323. The van der Waals surface area contributed by atoms with Gasteiger partial charge in [-0.1, -0.05) is 27.7 Å². The molecule has 78 valence electrons. The fraction of sp³-hybridized carbons (Fsp3) is 0.750. The van der Waals surface area contributed by atoms with Gasteiger partial charge < -0.3 is 0 Å². The van der Waals surface area contributed by atoms with Crippen LogP contribution in [-0.2, 0) is 6.54 Å². The average molecular weight is 192 g/mol. The van der Waals surface area contributed by atoms with E-state index in [0.29, 0.717) is 5.92 Å². The van der Waals surface area contributed by atoms with Gasteiger partial charge in [0.05, 0.1) is 5.69 Å². The maximum absolute atomic E-state index is 4.64. The van der Waals surface area contributed by atoms with E-state index in [1.54, 1.807) is 0 Å². The van der Waals surface area contributed by atoms with Gasteiger partial charge >= 0.3 is 0 Å². The molecule has 0 amide bonds. The molecule has 0 aromatic carbocycles. The van der Waals surface area contributed by atoms with Gasteiger partial charge in [-0.05, 0) is 24.3 Å². The van der Waals surface area contributed by atoms with Crippen molar-refractivity contribution in [1.29, 1.82) is 0 Å². The van der Waals surface area contributed by atoms with Gasteiger partial charge in [-0.3, -0.25) is 4.68 Å². The number of hydrogen-bond donors (Lipinski definition) is 0. The average Bonchev–Trinajstić information content (AvgIpc) is 2.58. The van der Waals surface area contributed by atoms with E-state index in [0.717, 1.165) is 18.4 Å². The molecule has 2 heterocycles. The van der Waals surface area contributed by atoms with Gasteiger partial charge in [-0.15, -0.1) is 0 Å². The molecule has 2 nitrogen and oxygen atoms in total. The zero-order valence-corrected chi connectivity index (χ0v) is 9.62. The highest BCUT2D eigenvalue weighted by molar-refractivity contribution is 5.20. The SMILES string of the molecule is CC(C)c1cc2n(n1)CCC2C(C)C. The van der Waals surface area contributed by atoms with Crippen LogP contribution in [0, 0.1) is 5.92 Å². The van der Waals surface area contributed by atoms with Crippen LogP contribution in [0.25, 0.3) is 0 Å². The summed E-state index contributed by atoms with van der Waals surface area (Å²) < 4.78 is 2.21. The predicted molar refractivity (Wildman–Crippen MR) is 58.5 cm³/mol. The fourth-order valence-electron chi connectivity index (χ4n) is 2.30. The normalized spacial score (nSPS) is 20.9. The summed E-state index contributed by atoms with van der Waals surface area (Å²) in [5, 5.41) is 4.64. The number of hydrogen-bond acceptors (Lipinski definition) is 1. The van der Waals surface area contributed by atoms with Gasteiger partial charge in [-0.2, -0.15) is 5.10 Å². The lowest BCUT2D eigenvalue weighted by atomic mass is 9.91. The summed E-state index contributed by atoms with van der Waals surface area (Å²) >= 11 is 0. The molecule has 1 aliphatic heterocycles. The number of nitrogens with zero attached hydrogens (tertiary/aromatic N) is 2. The highest BCUT2D eigenvalue weighted by Gasteiger charge is 2.27. The van der Waals surface area contributed by atoms with Crippen LogP contribution < -0.4 is 0 Å². The number of rotatable bonds is 2. The third-order valence-corrected chi connectivity index (χ3v) is 3.26. The van der Waals surface area contributed by atoms with Gasteiger partial charge in [0.2, 0.25) is 0 Å². The van der Waals surface area contributed by atoms with Gasteiger partial charge in [-0.25, -0.2) is 0 Å². The number of aromatic nitrogens is 2.